The summed E-state index contributed by atoms with van der Waals surface area (Å²) in [6, 6.07) is 13.7. The lowest BCUT2D eigenvalue weighted by Crippen LogP contribution is -2.34. The van der Waals surface area contributed by atoms with E-state index in [0.29, 0.717) is 16.6 Å². The van der Waals surface area contributed by atoms with Crippen LogP contribution in [-0.4, -0.2) is 11.0 Å². The van der Waals surface area contributed by atoms with Crippen LogP contribution in [0.5, 0.6) is 0 Å². The Morgan fingerprint density at radius 1 is 1.17 bits per heavy atom. The van der Waals surface area contributed by atoms with Crippen molar-refractivity contribution in [1.29, 1.82) is 0 Å². The van der Waals surface area contributed by atoms with Gasteiger partial charge in [0.2, 0.25) is 0 Å². The van der Waals surface area contributed by atoms with E-state index in [9.17, 15) is 4.79 Å². The number of carbonyl (C=O) groups excluding carboxylic acids is 1. The molecule has 2 aromatic carbocycles. The molecular weight excluding hydrogens is 431 g/mol. The van der Waals surface area contributed by atoms with Crippen molar-refractivity contribution in [3.05, 3.63) is 62.7 Å². The number of rotatable bonds is 4. The zero-order valence-electron chi connectivity index (χ0n) is 14.0. The van der Waals surface area contributed by atoms with Gasteiger partial charge in [0.15, 0.2) is 5.11 Å². The van der Waals surface area contributed by atoms with E-state index in [2.05, 4.69) is 60.1 Å². The molecule has 0 saturated carbocycles. The molecule has 3 nitrogen and oxygen atoms in total. The number of carbonyl (C=O) groups is 1. The van der Waals surface area contributed by atoms with Gasteiger partial charge in [0, 0.05) is 14.8 Å². The maximum atomic E-state index is 12.3. The smallest absolute Gasteiger partial charge is 0.257 e. The number of nitrogens with one attached hydrogen (secondary N) is 2. The van der Waals surface area contributed by atoms with Gasteiger partial charge in [-0.05, 0) is 88.6 Å². The molecule has 0 heterocycles. The SMILES string of the molecule is CCc1cc(I)ccc1NC(=S)NC(=O)c1ccc(C(C)C)cc1. The number of hydrogen-bond acceptors (Lipinski definition) is 2. The normalized spacial score (nSPS) is 10.5. The van der Waals surface area contributed by atoms with Crippen LogP contribution >= 0.6 is 34.8 Å². The maximum absolute atomic E-state index is 12.3. The van der Waals surface area contributed by atoms with Gasteiger partial charge in [-0.1, -0.05) is 32.9 Å². The molecule has 0 fully saturated rings. The monoisotopic (exact) mass is 452 g/mol. The zero-order chi connectivity index (χ0) is 17.7. The molecule has 126 valence electrons. The Morgan fingerprint density at radius 3 is 2.42 bits per heavy atom. The highest BCUT2D eigenvalue weighted by atomic mass is 127. The number of halogens is 1. The first kappa shape index (κ1) is 18.9. The van der Waals surface area contributed by atoms with E-state index in [1.165, 1.54) is 14.7 Å². The van der Waals surface area contributed by atoms with E-state index in [4.69, 9.17) is 12.2 Å². The molecule has 0 spiro atoms. The molecule has 0 saturated heterocycles. The lowest BCUT2D eigenvalue weighted by atomic mass is 10.0. The van der Waals surface area contributed by atoms with Crippen molar-refractivity contribution < 1.29 is 4.79 Å². The van der Waals surface area contributed by atoms with Crippen molar-refractivity contribution >= 4 is 51.5 Å². The predicted octanol–water partition coefficient (Wildman–Crippen LogP) is 5.10. The van der Waals surface area contributed by atoms with Crippen LogP contribution in [0.25, 0.3) is 0 Å². The second kappa shape index (κ2) is 8.58. The molecule has 1 amide bonds. The third kappa shape index (κ3) is 5.01. The average Bonchev–Trinajstić information content (AvgIpc) is 2.56. The molecule has 0 radical (unpaired) electrons. The fourth-order valence-electron chi connectivity index (χ4n) is 2.32. The predicted molar refractivity (Wildman–Crippen MR) is 113 cm³/mol. The maximum Gasteiger partial charge on any atom is 0.257 e. The molecule has 2 N–H and O–H groups in total. The number of aryl methyl sites for hydroxylation is 1. The standard InChI is InChI=1S/C19H21IN2OS/c1-4-13-11-16(20)9-10-17(13)21-19(24)22-18(23)15-7-5-14(6-8-15)12(2)3/h5-12H,4H2,1-3H3,(H2,21,22,23,24). The van der Waals surface area contributed by atoms with Crippen molar-refractivity contribution in [1.82, 2.24) is 5.32 Å². The average molecular weight is 452 g/mol. The minimum Gasteiger partial charge on any atom is -0.332 e. The van der Waals surface area contributed by atoms with Gasteiger partial charge < -0.3 is 5.32 Å². The molecular formula is C19H21IN2OS. The van der Waals surface area contributed by atoms with Crippen LogP contribution in [-0.2, 0) is 6.42 Å². The van der Waals surface area contributed by atoms with E-state index in [-0.39, 0.29) is 5.91 Å². The summed E-state index contributed by atoms with van der Waals surface area (Å²) in [5.41, 5.74) is 3.90. The summed E-state index contributed by atoms with van der Waals surface area (Å²) in [4.78, 5) is 12.3. The minimum absolute atomic E-state index is 0.202. The van der Waals surface area contributed by atoms with Crippen LogP contribution in [0, 0.1) is 3.57 Å². The molecule has 0 aromatic heterocycles. The molecule has 0 unspecified atom stereocenters. The van der Waals surface area contributed by atoms with E-state index >= 15 is 0 Å². The van der Waals surface area contributed by atoms with Crippen LogP contribution in [0.15, 0.2) is 42.5 Å². The molecule has 0 aliphatic carbocycles. The lowest BCUT2D eigenvalue weighted by Gasteiger charge is -2.13. The van der Waals surface area contributed by atoms with Crippen LogP contribution in [0.3, 0.4) is 0 Å². The highest BCUT2D eigenvalue weighted by Crippen LogP contribution is 2.19. The Morgan fingerprint density at radius 2 is 1.83 bits per heavy atom. The van der Waals surface area contributed by atoms with Crippen LogP contribution < -0.4 is 10.6 Å². The van der Waals surface area contributed by atoms with Gasteiger partial charge >= 0.3 is 0 Å². The van der Waals surface area contributed by atoms with Crippen molar-refractivity contribution in [2.45, 2.75) is 33.1 Å². The van der Waals surface area contributed by atoms with Crippen molar-refractivity contribution in [3.63, 3.8) is 0 Å². The second-order valence-corrected chi connectivity index (χ2v) is 7.49. The van der Waals surface area contributed by atoms with Crippen molar-refractivity contribution in [2.24, 2.45) is 0 Å². The number of amides is 1. The molecule has 0 atom stereocenters. The fourth-order valence-corrected chi connectivity index (χ4v) is 3.08. The molecule has 5 heteroatoms. The van der Waals surface area contributed by atoms with Gasteiger partial charge in [-0.3, -0.25) is 10.1 Å². The van der Waals surface area contributed by atoms with E-state index < -0.39 is 0 Å². The largest absolute Gasteiger partial charge is 0.332 e. The molecule has 0 aliphatic rings. The zero-order valence-corrected chi connectivity index (χ0v) is 17.0. The highest BCUT2D eigenvalue weighted by molar-refractivity contribution is 14.1. The first-order valence-corrected chi connectivity index (χ1v) is 9.40. The molecule has 24 heavy (non-hydrogen) atoms. The topological polar surface area (TPSA) is 41.1 Å². The summed E-state index contributed by atoms with van der Waals surface area (Å²) in [5, 5.41) is 6.16. The quantitative estimate of drug-likeness (QED) is 0.501. The molecule has 0 aliphatic heterocycles. The molecule has 0 bridgehead atoms. The first-order valence-electron chi connectivity index (χ1n) is 7.91. The van der Waals surface area contributed by atoms with E-state index in [0.717, 1.165) is 12.1 Å². The van der Waals surface area contributed by atoms with Crippen molar-refractivity contribution in [2.75, 3.05) is 5.32 Å². The summed E-state index contributed by atoms with van der Waals surface area (Å²) in [5.74, 6) is 0.240. The summed E-state index contributed by atoms with van der Waals surface area (Å²) in [7, 11) is 0. The number of anilines is 1. The lowest BCUT2D eigenvalue weighted by molar-refractivity contribution is 0.0977. The number of thiocarbonyl (C=S) groups is 1. The third-order valence-electron chi connectivity index (χ3n) is 3.76. The van der Waals surface area contributed by atoms with Gasteiger partial charge in [0.25, 0.3) is 5.91 Å². The first-order chi connectivity index (χ1) is 11.4. The summed E-state index contributed by atoms with van der Waals surface area (Å²) in [6.07, 6.45) is 0.895. The second-order valence-electron chi connectivity index (χ2n) is 5.84. The van der Waals surface area contributed by atoms with Crippen molar-refractivity contribution in [3.8, 4) is 0 Å². The van der Waals surface area contributed by atoms with E-state index in [1.807, 2.05) is 36.4 Å². The van der Waals surface area contributed by atoms with Crippen LogP contribution in [0.1, 0.15) is 48.2 Å². The van der Waals surface area contributed by atoms with E-state index in [1.54, 1.807) is 0 Å². The summed E-state index contributed by atoms with van der Waals surface area (Å²) in [6.45, 7) is 6.34. The molecule has 2 rings (SSSR count). The Bertz CT molecular complexity index is 742. The minimum atomic E-state index is -0.202. The number of benzene rings is 2. The highest BCUT2D eigenvalue weighted by Gasteiger charge is 2.10. The van der Waals surface area contributed by atoms with Gasteiger partial charge in [-0.25, -0.2) is 0 Å². The summed E-state index contributed by atoms with van der Waals surface area (Å²) >= 11 is 7.56. The van der Waals surface area contributed by atoms with Gasteiger partial charge in [-0.15, -0.1) is 0 Å². The summed E-state index contributed by atoms with van der Waals surface area (Å²) < 4.78 is 1.18. The van der Waals surface area contributed by atoms with Gasteiger partial charge in [0.1, 0.15) is 0 Å². The van der Waals surface area contributed by atoms with Gasteiger partial charge in [0.05, 0.1) is 0 Å². The molecule has 2 aromatic rings. The third-order valence-corrected chi connectivity index (χ3v) is 4.64. The number of hydrogen-bond donors (Lipinski definition) is 2. The Kier molecular flexibility index (Phi) is 6.74. The Labute approximate surface area is 162 Å². The fraction of sp³-hybridized carbons (Fsp3) is 0.263. The van der Waals surface area contributed by atoms with Crippen LogP contribution in [0.4, 0.5) is 5.69 Å². The Hall–Kier alpha value is -1.47. The van der Waals surface area contributed by atoms with Crippen LogP contribution in [0.2, 0.25) is 0 Å². The Balaban J connectivity index is 2.03. The van der Waals surface area contributed by atoms with Gasteiger partial charge in [-0.2, -0.15) is 0 Å².